The van der Waals surface area contributed by atoms with Crippen LogP contribution in [0, 0.1) is 5.92 Å². The molecule has 1 aliphatic carbocycles. The number of hydrogen-bond acceptors (Lipinski definition) is 3. The minimum Gasteiger partial charge on any atom is -0.316 e. The third-order valence-corrected chi connectivity index (χ3v) is 4.67. The molecule has 2 aromatic rings. The lowest BCUT2D eigenvalue weighted by molar-refractivity contribution is 0.437. The van der Waals surface area contributed by atoms with E-state index in [-0.39, 0.29) is 5.69 Å². The van der Waals surface area contributed by atoms with Gasteiger partial charge in [-0.3, -0.25) is 0 Å². The van der Waals surface area contributed by atoms with Crippen molar-refractivity contribution in [2.75, 3.05) is 13.1 Å². The Morgan fingerprint density at radius 3 is 2.68 bits per heavy atom. The largest absolute Gasteiger partial charge is 0.350 e. The van der Waals surface area contributed by atoms with Gasteiger partial charge in [-0.1, -0.05) is 18.2 Å². The van der Waals surface area contributed by atoms with Crippen LogP contribution in [0.3, 0.4) is 0 Å². The van der Waals surface area contributed by atoms with E-state index in [1.165, 1.54) is 12.8 Å². The van der Waals surface area contributed by atoms with Crippen molar-refractivity contribution >= 4 is 0 Å². The Balaban J connectivity index is 1.78. The number of nitrogens with one attached hydrogen (secondary N) is 1. The van der Waals surface area contributed by atoms with Crippen molar-refractivity contribution < 1.29 is 0 Å². The molecule has 0 amide bonds. The molecule has 4 rings (SSSR count). The smallest absolute Gasteiger partial charge is 0.316 e. The van der Waals surface area contributed by atoms with E-state index < -0.39 is 0 Å². The molecular weight excluding hydrogens is 276 g/mol. The standard InChI is InChI=1S/C17H22N4O/c22-17-20(12-13-8-9-13)19-16(14-5-4-10-18-11-14)21(17)15-6-2-1-3-7-15/h1-3,6-7,13-14,18H,4-5,8-12H2/t14-/m0/s1. The van der Waals surface area contributed by atoms with E-state index in [0.29, 0.717) is 11.8 Å². The Bertz CT molecular complexity index is 693. The zero-order valence-corrected chi connectivity index (χ0v) is 12.7. The molecule has 116 valence electrons. The number of benzene rings is 1. The van der Waals surface area contributed by atoms with Gasteiger partial charge in [-0.2, -0.15) is 5.10 Å². The molecular formula is C17H22N4O. The summed E-state index contributed by atoms with van der Waals surface area (Å²) in [6.07, 6.45) is 4.69. The molecule has 22 heavy (non-hydrogen) atoms. The quantitative estimate of drug-likeness (QED) is 0.938. The van der Waals surface area contributed by atoms with Crippen LogP contribution in [-0.2, 0) is 6.54 Å². The summed E-state index contributed by atoms with van der Waals surface area (Å²) in [4.78, 5) is 12.8. The highest BCUT2D eigenvalue weighted by Gasteiger charge is 2.28. The maximum atomic E-state index is 12.8. The zero-order valence-electron chi connectivity index (χ0n) is 12.7. The topological polar surface area (TPSA) is 51.9 Å². The Kier molecular flexibility index (Phi) is 3.58. The predicted molar refractivity (Wildman–Crippen MR) is 85.4 cm³/mol. The predicted octanol–water partition coefficient (Wildman–Crippen LogP) is 1.91. The second-order valence-electron chi connectivity index (χ2n) is 6.48. The van der Waals surface area contributed by atoms with E-state index >= 15 is 0 Å². The number of nitrogens with zero attached hydrogens (tertiary/aromatic N) is 3. The van der Waals surface area contributed by atoms with Gasteiger partial charge in [0.1, 0.15) is 5.82 Å². The van der Waals surface area contributed by atoms with Gasteiger partial charge in [0.2, 0.25) is 0 Å². The first-order valence-electron chi connectivity index (χ1n) is 8.29. The molecule has 1 saturated heterocycles. The fourth-order valence-corrected chi connectivity index (χ4v) is 3.24. The lowest BCUT2D eigenvalue weighted by atomic mass is 9.99. The fraction of sp³-hybridized carbons (Fsp3) is 0.529. The summed E-state index contributed by atoms with van der Waals surface area (Å²) in [5, 5.41) is 8.15. The number of hydrogen-bond donors (Lipinski definition) is 1. The maximum absolute atomic E-state index is 12.8. The Hall–Kier alpha value is -1.88. The minimum absolute atomic E-state index is 0.0127. The van der Waals surface area contributed by atoms with E-state index in [2.05, 4.69) is 5.32 Å². The molecule has 0 unspecified atom stereocenters. The highest BCUT2D eigenvalue weighted by atomic mass is 16.2. The SMILES string of the molecule is O=c1n(CC2CC2)nc([C@H]2CCCNC2)n1-c1ccccc1. The molecule has 1 aromatic carbocycles. The third kappa shape index (κ3) is 2.61. The molecule has 1 aromatic heterocycles. The number of rotatable bonds is 4. The van der Waals surface area contributed by atoms with Crippen LogP contribution < -0.4 is 11.0 Å². The van der Waals surface area contributed by atoms with E-state index in [0.717, 1.165) is 44.0 Å². The molecule has 0 bridgehead atoms. The van der Waals surface area contributed by atoms with Crippen LogP contribution in [0.15, 0.2) is 35.1 Å². The monoisotopic (exact) mass is 298 g/mol. The van der Waals surface area contributed by atoms with Crippen molar-refractivity contribution in [1.82, 2.24) is 19.7 Å². The summed E-state index contributed by atoms with van der Waals surface area (Å²) in [5.74, 6) is 1.89. The molecule has 0 spiro atoms. The van der Waals surface area contributed by atoms with Crippen molar-refractivity contribution in [3.63, 3.8) is 0 Å². The molecule has 1 saturated carbocycles. The van der Waals surface area contributed by atoms with Gasteiger partial charge in [0.05, 0.1) is 5.69 Å². The Morgan fingerprint density at radius 1 is 1.18 bits per heavy atom. The molecule has 1 N–H and O–H groups in total. The molecule has 5 heteroatoms. The van der Waals surface area contributed by atoms with Gasteiger partial charge in [-0.25, -0.2) is 14.0 Å². The van der Waals surface area contributed by atoms with E-state index in [4.69, 9.17) is 5.10 Å². The average Bonchev–Trinajstić information content (AvgIpc) is 3.33. The van der Waals surface area contributed by atoms with Gasteiger partial charge in [-0.05, 0) is 50.3 Å². The van der Waals surface area contributed by atoms with Crippen LogP contribution >= 0.6 is 0 Å². The summed E-state index contributed by atoms with van der Waals surface area (Å²) >= 11 is 0. The number of para-hydroxylation sites is 1. The first kappa shape index (κ1) is 13.8. The molecule has 2 aliphatic rings. The highest BCUT2D eigenvalue weighted by Crippen LogP contribution is 2.30. The lowest BCUT2D eigenvalue weighted by Crippen LogP contribution is -2.31. The van der Waals surface area contributed by atoms with Crippen LogP contribution in [0.4, 0.5) is 0 Å². The first-order valence-corrected chi connectivity index (χ1v) is 8.29. The van der Waals surface area contributed by atoms with Crippen molar-refractivity contribution in [2.45, 2.75) is 38.1 Å². The number of aromatic nitrogens is 3. The fourth-order valence-electron chi connectivity index (χ4n) is 3.24. The van der Waals surface area contributed by atoms with Gasteiger partial charge in [0, 0.05) is 19.0 Å². The van der Waals surface area contributed by atoms with Crippen molar-refractivity contribution in [1.29, 1.82) is 0 Å². The molecule has 2 fully saturated rings. The summed E-state index contributed by atoms with van der Waals surface area (Å²) in [7, 11) is 0. The van der Waals surface area contributed by atoms with E-state index in [1.807, 2.05) is 34.9 Å². The van der Waals surface area contributed by atoms with Crippen LogP contribution in [-0.4, -0.2) is 27.4 Å². The second-order valence-corrected chi connectivity index (χ2v) is 6.48. The summed E-state index contributed by atoms with van der Waals surface area (Å²) in [5.41, 5.74) is 0.939. The van der Waals surface area contributed by atoms with Crippen LogP contribution in [0.1, 0.15) is 37.4 Å². The van der Waals surface area contributed by atoms with Gasteiger partial charge in [-0.15, -0.1) is 0 Å². The van der Waals surface area contributed by atoms with Crippen LogP contribution in [0.5, 0.6) is 0 Å². The van der Waals surface area contributed by atoms with E-state index in [9.17, 15) is 4.79 Å². The summed E-state index contributed by atoms with van der Waals surface area (Å²) in [6, 6.07) is 9.91. The Labute approximate surface area is 130 Å². The number of piperidine rings is 1. The minimum atomic E-state index is 0.0127. The van der Waals surface area contributed by atoms with Crippen molar-refractivity contribution in [2.24, 2.45) is 5.92 Å². The van der Waals surface area contributed by atoms with E-state index in [1.54, 1.807) is 4.68 Å². The van der Waals surface area contributed by atoms with Crippen LogP contribution in [0.2, 0.25) is 0 Å². The first-order chi connectivity index (χ1) is 10.8. The van der Waals surface area contributed by atoms with Crippen LogP contribution in [0.25, 0.3) is 5.69 Å². The van der Waals surface area contributed by atoms with Gasteiger partial charge in [0.25, 0.3) is 0 Å². The maximum Gasteiger partial charge on any atom is 0.350 e. The van der Waals surface area contributed by atoms with Crippen molar-refractivity contribution in [3.05, 3.63) is 46.6 Å². The second kappa shape index (κ2) is 5.72. The Morgan fingerprint density at radius 2 is 2.00 bits per heavy atom. The highest BCUT2D eigenvalue weighted by molar-refractivity contribution is 5.33. The van der Waals surface area contributed by atoms with Crippen molar-refractivity contribution in [3.8, 4) is 5.69 Å². The lowest BCUT2D eigenvalue weighted by Gasteiger charge is -2.22. The third-order valence-electron chi connectivity index (χ3n) is 4.67. The van der Waals surface area contributed by atoms with Gasteiger partial charge in [0.15, 0.2) is 0 Å². The van der Waals surface area contributed by atoms with Gasteiger partial charge >= 0.3 is 5.69 Å². The van der Waals surface area contributed by atoms with Gasteiger partial charge < -0.3 is 5.32 Å². The molecule has 2 heterocycles. The molecule has 1 aliphatic heterocycles. The molecule has 0 radical (unpaired) electrons. The normalized spacial score (nSPS) is 21.9. The molecule has 5 nitrogen and oxygen atoms in total. The zero-order chi connectivity index (χ0) is 14.9. The summed E-state index contributed by atoms with van der Waals surface area (Å²) < 4.78 is 3.51. The summed E-state index contributed by atoms with van der Waals surface area (Å²) in [6.45, 7) is 2.74. The molecule has 1 atom stereocenters. The average molecular weight is 298 g/mol.